The Kier molecular flexibility index (Phi) is 2.43. The molecule has 0 bridgehead atoms. The lowest BCUT2D eigenvalue weighted by Crippen LogP contribution is -2.02. The maximum Gasteiger partial charge on any atom is 0.186 e. The lowest BCUT2D eigenvalue weighted by atomic mass is 10.1. The Balaban J connectivity index is 2.07. The average molecular weight is 245 g/mol. The quantitative estimate of drug-likeness (QED) is 0.829. The van der Waals surface area contributed by atoms with Crippen molar-refractivity contribution < 1.29 is 4.74 Å². The molecule has 0 radical (unpaired) electrons. The van der Waals surface area contributed by atoms with Crippen LogP contribution in [-0.4, -0.2) is 27.3 Å². The van der Waals surface area contributed by atoms with E-state index in [9.17, 15) is 0 Å². The summed E-state index contributed by atoms with van der Waals surface area (Å²) >= 11 is 0. The molecule has 3 rings (SSSR count). The third kappa shape index (κ3) is 1.70. The molecule has 6 nitrogen and oxygen atoms in total. The Morgan fingerprint density at radius 2 is 2.22 bits per heavy atom. The van der Waals surface area contributed by atoms with Crippen molar-refractivity contribution in [2.45, 2.75) is 19.4 Å². The molecular formula is C12H15N5O. The minimum atomic E-state index is 0.400. The van der Waals surface area contributed by atoms with Gasteiger partial charge in [0.2, 0.25) is 0 Å². The monoisotopic (exact) mass is 245 g/mol. The molecule has 2 atom stereocenters. The smallest absolute Gasteiger partial charge is 0.186 e. The largest absolute Gasteiger partial charge is 0.496 e. The molecule has 0 amide bonds. The fourth-order valence-corrected chi connectivity index (χ4v) is 2.13. The van der Waals surface area contributed by atoms with Gasteiger partial charge in [0.15, 0.2) is 5.82 Å². The Morgan fingerprint density at radius 3 is 2.89 bits per heavy atom. The number of anilines is 1. The van der Waals surface area contributed by atoms with Crippen LogP contribution in [0, 0.1) is 5.92 Å². The van der Waals surface area contributed by atoms with E-state index < -0.39 is 0 Å². The van der Waals surface area contributed by atoms with Crippen molar-refractivity contribution in [2.24, 2.45) is 5.92 Å². The number of ether oxygens (including phenoxy) is 1. The van der Waals surface area contributed by atoms with Crippen molar-refractivity contribution in [3.05, 3.63) is 18.2 Å². The van der Waals surface area contributed by atoms with Crippen LogP contribution >= 0.6 is 0 Å². The number of methoxy groups -OCH3 is 1. The summed E-state index contributed by atoms with van der Waals surface area (Å²) in [5.41, 5.74) is 7.28. The van der Waals surface area contributed by atoms with E-state index in [0.29, 0.717) is 23.4 Å². The van der Waals surface area contributed by atoms with Crippen molar-refractivity contribution in [1.82, 2.24) is 20.2 Å². The zero-order chi connectivity index (χ0) is 12.7. The molecule has 94 valence electrons. The van der Waals surface area contributed by atoms with Gasteiger partial charge >= 0.3 is 0 Å². The van der Waals surface area contributed by atoms with Crippen LogP contribution in [0.5, 0.6) is 5.75 Å². The zero-order valence-electron chi connectivity index (χ0n) is 10.4. The van der Waals surface area contributed by atoms with Crippen LogP contribution in [0.4, 0.5) is 5.69 Å². The fourth-order valence-electron chi connectivity index (χ4n) is 2.13. The van der Waals surface area contributed by atoms with Gasteiger partial charge in [0, 0.05) is 11.8 Å². The molecule has 18 heavy (non-hydrogen) atoms. The number of nitrogens with zero attached hydrogens (tertiary/aromatic N) is 4. The first-order valence-electron chi connectivity index (χ1n) is 5.92. The number of aromatic nitrogens is 4. The number of benzene rings is 1. The topological polar surface area (TPSA) is 78.8 Å². The average Bonchev–Trinajstić information content (AvgIpc) is 2.91. The number of nitrogen functional groups attached to an aromatic ring is 1. The van der Waals surface area contributed by atoms with E-state index in [-0.39, 0.29) is 0 Å². The third-order valence-electron chi connectivity index (χ3n) is 3.34. The summed E-state index contributed by atoms with van der Waals surface area (Å²) in [6, 6.07) is 5.90. The predicted molar refractivity (Wildman–Crippen MR) is 67.0 cm³/mol. The van der Waals surface area contributed by atoms with Gasteiger partial charge in [-0.1, -0.05) is 6.92 Å². The maximum atomic E-state index is 5.75. The number of hydrogen-bond donors (Lipinski definition) is 1. The second kappa shape index (κ2) is 3.97. The van der Waals surface area contributed by atoms with Crippen LogP contribution < -0.4 is 10.5 Å². The Labute approximate surface area is 105 Å². The molecule has 0 aliphatic heterocycles. The predicted octanol–water partition coefficient (Wildman–Crippen LogP) is 1.51. The fraction of sp³-hybridized carbons (Fsp3) is 0.417. The molecule has 0 saturated heterocycles. The van der Waals surface area contributed by atoms with E-state index in [0.717, 1.165) is 17.8 Å². The summed E-state index contributed by atoms with van der Waals surface area (Å²) in [7, 11) is 1.62. The van der Waals surface area contributed by atoms with Crippen molar-refractivity contribution in [2.75, 3.05) is 12.8 Å². The van der Waals surface area contributed by atoms with Gasteiger partial charge in [-0.25, -0.2) is 4.68 Å². The molecule has 1 aliphatic carbocycles. The van der Waals surface area contributed by atoms with Gasteiger partial charge in [-0.05, 0) is 34.9 Å². The summed E-state index contributed by atoms with van der Waals surface area (Å²) in [5.74, 6) is 2.06. The van der Waals surface area contributed by atoms with Crippen LogP contribution in [0.2, 0.25) is 0 Å². The van der Waals surface area contributed by atoms with Crippen LogP contribution in [0.3, 0.4) is 0 Å². The highest BCUT2D eigenvalue weighted by Gasteiger charge is 2.37. The maximum absolute atomic E-state index is 5.75. The molecule has 0 spiro atoms. The standard InChI is InChI=1S/C12H15N5O/c1-7-5-10(7)17-12(14-15-16-17)9-4-3-8(13)6-11(9)18-2/h3-4,6-7,10H,5,13H2,1-2H3. The molecule has 1 heterocycles. The van der Waals surface area contributed by atoms with Gasteiger partial charge in [-0.15, -0.1) is 5.10 Å². The zero-order valence-corrected chi connectivity index (χ0v) is 10.4. The summed E-state index contributed by atoms with van der Waals surface area (Å²) in [4.78, 5) is 0. The number of tetrazole rings is 1. The van der Waals surface area contributed by atoms with Gasteiger partial charge < -0.3 is 10.5 Å². The van der Waals surface area contributed by atoms with Gasteiger partial charge in [0.05, 0.1) is 18.7 Å². The first-order chi connectivity index (χ1) is 8.70. The highest BCUT2D eigenvalue weighted by Crippen LogP contribution is 2.44. The molecule has 6 heteroatoms. The normalized spacial score (nSPS) is 21.9. The first-order valence-corrected chi connectivity index (χ1v) is 5.92. The van der Waals surface area contributed by atoms with E-state index in [1.807, 2.05) is 16.8 Å². The third-order valence-corrected chi connectivity index (χ3v) is 3.34. The van der Waals surface area contributed by atoms with Gasteiger partial charge in [0.1, 0.15) is 5.75 Å². The first kappa shape index (κ1) is 11.0. The van der Waals surface area contributed by atoms with Crippen LogP contribution in [0.25, 0.3) is 11.4 Å². The molecule has 1 aromatic carbocycles. The second-order valence-electron chi connectivity index (χ2n) is 4.69. The van der Waals surface area contributed by atoms with Crippen molar-refractivity contribution in [3.63, 3.8) is 0 Å². The summed E-state index contributed by atoms with van der Waals surface area (Å²) in [5, 5.41) is 11.9. The van der Waals surface area contributed by atoms with Gasteiger partial charge in [-0.3, -0.25) is 0 Å². The van der Waals surface area contributed by atoms with E-state index >= 15 is 0 Å². The lowest BCUT2D eigenvalue weighted by molar-refractivity contribution is 0.416. The second-order valence-corrected chi connectivity index (χ2v) is 4.69. The molecule has 2 aromatic rings. The Bertz CT molecular complexity index is 580. The molecule has 1 fully saturated rings. The molecule has 2 N–H and O–H groups in total. The van der Waals surface area contributed by atoms with Crippen LogP contribution in [0.15, 0.2) is 18.2 Å². The number of rotatable bonds is 3. The van der Waals surface area contributed by atoms with Crippen molar-refractivity contribution in [3.8, 4) is 17.1 Å². The van der Waals surface area contributed by atoms with E-state index in [4.69, 9.17) is 10.5 Å². The van der Waals surface area contributed by atoms with E-state index in [2.05, 4.69) is 22.4 Å². The Hall–Kier alpha value is -2.11. The van der Waals surface area contributed by atoms with E-state index in [1.165, 1.54) is 0 Å². The van der Waals surface area contributed by atoms with Gasteiger partial charge in [0.25, 0.3) is 0 Å². The molecule has 1 saturated carbocycles. The summed E-state index contributed by atoms with van der Waals surface area (Å²) in [6.45, 7) is 2.19. The van der Waals surface area contributed by atoms with Gasteiger partial charge in [-0.2, -0.15) is 0 Å². The lowest BCUT2D eigenvalue weighted by Gasteiger charge is -2.09. The van der Waals surface area contributed by atoms with Crippen molar-refractivity contribution >= 4 is 5.69 Å². The molecule has 2 unspecified atom stereocenters. The van der Waals surface area contributed by atoms with Crippen LogP contribution in [-0.2, 0) is 0 Å². The minimum absolute atomic E-state index is 0.400. The minimum Gasteiger partial charge on any atom is -0.496 e. The molecule has 1 aromatic heterocycles. The summed E-state index contributed by atoms with van der Waals surface area (Å²) < 4.78 is 7.22. The highest BCUT2D eigenvalue weighted by molar-refractivity contribution is 5.67. The highest BCUT2D eigenvalue weighted by atomic mass is 16.5. The SMILES string of the molecule is COc1cc(N)ccc1-c1nnnn1C1CC1C. The van der Waals surface area contributed by atoms with Crippen molar-refractivity contribution in [1.29, 1.82) is 0 Å². The van der Waals surface area contributed by atoms with Crippen LogP contribution in [0.1, 0.15) is 19.4 Å². The molecule has 1 aliphatic rings. The van der Waals surface area contributed by atoms with E-state index in [1.54, 1.807) is 13.2 Å². The summed E-state index contributed by atoms with van der Waals surface area (Å²) in [6.07, 6.45) is 1.12. The number of nitrogens with two attached hydrogens (primary N) is 1. The number of hydrogen-bond acceptors (Lipinski definition) is 5. The Morgan fingerprint density at radius 1 is 1.44 bits per heavy atom. The molecular weight excluding hydrogens is 230 g/mol.